The van der Waals surface area contributed by atoms with E-state index in [1.54, 1.807) is 40.0 Å². The van der Waals surface area contributed by atoms with Crippen molar-refractivity contribution in [3.05, 3.63) is 114 Å². The van der Waals surface area contributed by atoms with Gasteiger partial charge in [-0.3, -0.25) is 24.0 Å². The first kappa shape index (κ1) is 47.1. The Morgan fingerprint density at radius 1 is 0.662 bits per heavy atom. The third-order valence-electron chi connectivity index (χ3n) is 13.3. The largest absolute Gasteiger partial charge is 0.354 e. The zero-order valence-electron chi connectivity index (χ0n) is 38.3. The van der Waals surface area contributed by atoms with Gasteiger partial charge in [0.1, 0.15) is 6.04 Å². The molecule has 2 aliphatic carbocycles. The molecule has 0 spiro atoms. The maximum atomic E-state index is 14.1. The number of aromatic nitrogens is 3. The van der Waals surface area contributed by atoms with Crippen molar-refractivity contribution in [1.29, 1.82) is 0 Å². The molecular formula is C52H68N8O5. The zero-order valence-corrected chi connectivity index (χ0v) is 38.3. The van der Waals surface area contributed by atoms with E-state index in [9.17, 15) is 24.0 Å². The molecular weight excluding hydrogens is 817 g/mol. The minimum absolute atomic E-state index is 0.00377. The predicted octanol–water partition coefficient (Wildman–Crippen LogP) is 7.16. The molecule has 3 aliphatic rings. The highest BCUT2D eigenvalue weighted by Crippen LogP contribution is 2.42. The maximum absolute atomic E-state index is 14.1. The quantitative estimate of drug-likeness (QED) is 0.0513. The number of nitrogens with zero attached hydrogens (tertiary/aromatic N) is 4. The Balaban J connectivity index is 0.968. The highest BCUT2D eigenvalue weighted by molar-refractivity contribution is 5.97. The molecule has 3 aromatic carbocycles. The predicted molar refractivity (Wildman–Crippen MR) is 251 cm³/mol. The van der Waals surface area contributed by atoms with E-state index in [2.05, 4.69) is 69.7 Å². The van der Waals surface area contributed by atoms with Crippen LogP contribution in [-0.4, -0.2) is 87.2 Å². The Labute approximate surface area is 384 Å². The molecule has 1 aromatic heterocycles. The molecule has 65 heavy (non-hydrogen) atoms. The summed E-state index contributed by atoms with van der Waals surface area (Å²) in [4.78, 5) is 69.9. The van der Waals surface area contributed by atoms with Crippen molar-refractivity contribution < 1.29 is 24.0 Å². The second kappa shape index (κ2) is 23.4. The number of rotatable bonds is 25. The fourth-order valence-corrected chi connectivity index (χ4v) is 9.20. The normalized spacial score (nSPS) is 21.3. The topological polar surface area (TPSA) is 167 Å². The number of hydrogen-bond donors (Lipinski definition) is 4. The van der Waals surface area contributed by atoms with E-state index in [0.29, 0.717) is 29.9 Å². The maximum Gasteiger partial charge on any atom is 0.253 e. The first-order chi connectivity index (χ1) is 31.7. The molecule has 0 unspecified atom stereocenters. The van der Waals surface area contributed by atoms with Gasteiger partial charge in [0, 0.05) is 62.0 Å². The van der Waals surface area contributed by atoms with Crippen LogP contribution in [0.3, 0.4) is 0 Å². The Hall–Kier alpha value is -5.85. The van der Waals surface area contributed by atoms with Gasteiger partial charge in [-0.1, -0.05) is 138 Å². The second-order valence-corrected chi connectivity index (χ2v) is 18.4. The summed E-state index contributed by atoms with van der Waals surface area (Å²) in [5, 5.41) is 21.0. The van der Waals surface area contributed by atoms with Crippen LogP contribution in [0.1, 0.15) is 143 Å². The van der Waals surface area contributed by atoms with Gasteiger partial charge in [-0.2, -0.15) is 0 Å². The van der Waals surface area contributed by atoms with E-state index in [4.69, 9.17) is 0 Å². The van der Waals surface area contributed by atoms with E-state index >= 15 is 0 Å². The van der Waals surface area contributed by atoms with Crippen molar-refractivity contribution in [1.82, 2.24) is 41.2 Å². The average Bonchev–Trinajstić information content (AvgIpc) is 4.16. The van der Waals surface area contributed by atoms with Gasteiger partial charge in [0.2, 0.25) is 23.6 Å². The minimum Gasteiger partial charge on any atom is -0.354 e. The molecule has 7 atom stereocenters. The number of carbonyl (C=O) groups is 5. The average molecular weight is 885 g/mol. The Morgan fingerprint density at radius 2 is 1.20 bits per heavy atom. The Kier molecular flexibility index (Phi) is 16.9. The third-order valence-corrected chi connectivity index (χ3v) is 13.3. The highest BCUT2D eigenvalue weighted by atomic mass is 16.2. The number of carbonyl (C=O) groups excluding carboxylic acids is 5. The summed E-state index contributed by atoms with van der Waals surface area (Å²) in [6.45, 7) is 5.16. The summed E-state index contributed by atoms with van der Waals surface area (Å²) in [6, 6.07) is 26.4. The molecule has 0 bridgehead atoms. The van der Waals surface area contributed by atoms with Crippen LogP contribution in [0.5, 0.6) is 0 Å². The summed E-state index contributed by atoms with van der Waals surface area (Å²) >= 11 is 0. The second-order valence-electron chi connectivity index (χ2n) is 18.4. The van der Waals surface area contributed by atoms with E-state index in [0.717, 1.165) is 57.8 Å². The fourth-order valence-electron chi connectivity index (χ4n) is 9.20. The summed E-state index contributed by atoms with van der Waals surface area (Å²) in [5.74, 6) is -1.94. The number of benzene rings is 3. The van der Waals surface area contributed by atoms with Crippen molar-refractivity contribution in [2.24, 2.45) is 11.8 Å². The van der Waals surface area contributed by atoms with Gasteiger partial charge in [0.25, 0.3) is 5.91 Å². The van der Waals surface area contributed by atoms with Gasteiger partial charge >= 0.3 is 0 Å². The molecule has 2 saturated carbocycles. The molecule has 1 saturated heterocycles. The summed E-state index contributed by atoms with van der Waals surface area (Å²) < 4.78 is 1.58. The molecule has 4 N–H and O–H groups in total. The number of unbranched alkanes of at least 4 members (excludes halogenated alkanes) is 9. The molecule has 13 heteroatoms. The smallest absolute Gasteiger partial charge is 0.253 e. The lowest BCUT2D eigenvalue weighted by Gasteiger charge is -2.18. The van der Waals surface area contributed by atoms with Gasteiger partial charge in [-0.25, -0.2) is 4.68 Å². The summed E-state index contributed by atoms with van der Waals surface area (Å²) in [7, 11) is 0. The molecule has 13 nitrogen and oxygen atoms in total. The van der Waals surface area contributed by atoms with Crippen LogP contribution < -0.4 is 21.3 Å². The van der Waals surface area contributed by atoms with E-state index in [1.807, 2.05) is 36.4 Å². The number of hydrogen-bond acceptors (Lipinski definition) is 7. The SMILES string of the molecule is CCCCCCCCCC(=O)N[C@@H](Cc1cn(-c2ccc(C(=O)N3C[C@@H](C(=O)N[C@H]4C[C@@H]4c4ccccc4)[C@H](C(=O)N[C@H]4C[C@@H]4c4ccccc4)C3)cc2)nn1)C(=O)NCCCCCC. The van der Waals surface area contributed by atoms with Crippen LogP contribution in [0.15, 0.2) is 91.1 Å². The fraction of sp³-hybridized carbons (Fsp3) is 0.519. The zero-order chi connectivity index (χ0) is 45.5. The minimum atomic E-state index is -0.787. The lowest BCUT2D eigenvalue weighted by molar-refractivity contribution is -0.133. The van der Waals surface area contributed by atoms with Crippen molar-refractivity contribution in [2.75, 3.05) is 19.6 Å². The third kappa shape index (κ3) is 13.4. The molecule has 5 amide bonds. The molecule has 7 rings (SSSR count). The van der Waals surface area contributed by atoms with Gasteiger partial charge in [0.15, 0.2) is 0 Å². The van der Waals surface area contributed by atoms with E-state index in [1.165, 1.54) is 36.8 Å². The Morgan fingerprint density at radius 3 is 1.77 bits per heavy atom. The first-order valence-corrected chi connectivity index (χ1v) is 24.3. The van der Waals surface area contributed by atoms with Gasteiger partial charge in [-0.05, 0) is 61.1 Å². The Bertz CT molecular complexity index is 2100. The standard InChI is InChI=1S/C52H68N8O5/c1-3-5-7-9-10-11-18-24-48(61)54-47(51(64)53-29-19-8-6-4-2)30-39-33-60(58-57-39)40-27-25-38(26-28-40)52(65)59-34-43(49(62)55-45-31-41(45)36-20-14-12-15-21-36)44(35-59)50(63)56-46-32-42(46)37-22-16-13-17-23-37/h12-17,20-23,25-28,33,41-47H,3-11,18-19,24,29-32,34-35H2,1-2H3,(H,53,64)(H,54,61)(H,55,62)(H,56,63)/t41-,42-,43-,44-,45+,46+,47+/m1/s1. The van der Waals surface area contributed by atoms with Gasteiger partial charge in [-0.15, -0.1) is 5.10 Å². The van der Waals surface area contributed by atoms with Crippen molar-refractivity contribution in [2.45, 2.75) is 140 Å². The van der Waals surface area contributed by atoms with E-state index < -0.39 is 17.9 Å². The van der Waals surface area contributed by atoms with Gasteiger partial charge < -0.3 is 26.2 Å². The number of amides is 5. The van der Waals surface area contributed by atoms with Crippen LogP contribution in [0.25, 0.3) is 5.69 Å². The number of nitrogens with one attached hydrogen (secondary N) is 4. The van der Waals surface area contributed by atoms with Crippen LogP contribution in [0.4, 0.5) is 0 Å². The lowest BCUT2D eigenvalue weighted by atomic mass is 9.94. The first-order valence-electron chi connectivity index (χ1n) is 24.3. The van der Waals surface area contributed by atoms with Crippen molar-refractivity contribution in [3.8, 4) is 5.69 Å². The molecule has 0 radical (unpaired) electrons. The summed E-state index contributed by atoms with van der Waals surface area (Å²) in [6.07, 6.45) is 15.8. The van der Waals surface area contributed by atoms with Crippen LogP contribution in [0.2, 0.25) is 0 Å². The van der Waals surface area contributed by atoms with Crippen LogP contribution >= 0.6 is 0 Å². The molecule has 1 aliphatic heterocycles. The lowest BCUT2D eigenvalue weighted by Crippen LogP contribution is -2.48. The van der Waals surface area contributed by atoms with Crippen LogP contribution in [0, 0.1) is 11.8 Å². The molecule has 346 valence electrons. The molecule has 4 aromatic rings. The monoisotopic (exact) mass is 885 g/mol. The molecule has 3 fully saturated rings. The van der Waals surface area contributed by atoms with Crippen molar-refractivity contribution >= 4 is 29.5 Å². The van der Waals surface area contributed by atoms with Gasteiger partial charge in [0.05, 0.1) is 29.4 Å². The number of likely N-dealkylation sites (tertiary alicyclic amines) is 1. The van der Waals surface area contributed by atoms with Crippen molar-refractivity contribution in [3.63, 3.8) is 0 Å². The van der Waals surface area contributed by atoms with E-state index in [-0.39, 0.29) is 73.0 Å². The molecule has 2 heterocycles. The van der Waals surface area contributed by atoms with Crippen LogP contribution in [-0.2, 0) is 25.6 Å². The highest BCUT2D eigenvalue weighted by Gasteiger charge is 2.49. The summed E-state index contributed by atoms with van der Waals surface area (Å²) in [5.41, 5.74) is 3.98.